The van der Waals surface area contributed by atoms with Gasteiger partial charge in [-0.3, -0.25) is 9.78 Å². The van der Waals surface area contributed by atoms with Crippen LogP contribution in [0.15, 0.2) is 51.7 Å². The molecule has 1 N–H and O–H groups in total. The molecule has 6 heteroatoms. The minimum Gasteiger partial charge on any atom is -0.491 e. The molecule has 2 heterocycles. The molecule has 1 aromatic carbocycles. The summed E-state index contributed by atoms with van der Waals surface area (Å²) in [6, 6.07) is 10.7. The molecule has 0 spiro atoms. The number of halogens is 1. The molecule has 0 saturated heterocycles. The Hall–Kier alpha value is -2.34. The van der Waals surface area contributed by atoms with E-state index in [1.165, 1.54) is 0 Å². The first-order valence-electron chi connectivity index (χ1n) is 7.76. The van der Waals surface area contributed by atoms with Gasteiger partial charge in [-0.15, -0.1) is 0 Å². The van der Waals surface area contributed by atoms with Crippen molar-refractivity contribution in [2.24, 2.45) is 0 Å². The fourth-order valence-electron chi connectivity index (χ4n) is 2.32. The number of ether oxygens (including phenoxy) is 1. The van der Waals surface area contributed by atoms with Gasteiger partial charge in [0, 0.05) is 11.6 Å². The Morgan fingerprint density at radius 3 is 2.92 bits per heavy atom. The Balaban J connectivity index is 1.89. The standard InChI is InChI=1S/C18H17BrN2O3/c1-2-3-11-23-14-7-6-13(12-5-4-10-20-17(12)14)21-18(22)15-8-9-16(19)24-15/h4-10H,2-3,11H2,1H3,(H,21,22). The van der Waals surface area contributed by atoms with Crippen LogP contribution in [0.5, 0.6) is 5.75 Å². The Kier molecular flexibility index (Phi) is 5.15. The van der Waals surface area contributed by atoms with E-state index in [-0.39, 0.29) is 11.7 Å². The van der Waals surface area contributed by atoms with Crippen molar-refractivity contribution >= 4 is 38.4 Å². The van der Waals surface area contributed by atoms with Crippen LogP contribution < -0.4 is 10.1 Å². The maximum absolute atomic E-state index is 12.3. The molecule has 2 aromatic heterocycles. The average Bonchev–Trinajstić information content (AvgIpc) is 3.03. The number of unbranched alkanes of at least 4 members (excludes halogenated alkanes) is 1. The summed E-state index contributed by atoms with van der Waals surface area (Å²) in [7, 11) is 0. The van der Waals surface area contributed by atoms with E-state index in [1.807, 2.05) is 24.3 Å². The van der Waals surface area contributed by atoms with Crippen LogP contribution in [-0.4, -0.2) is 17.5 Å². The lowest BCUT2D eigenvalue weighted by Crippen LogP contribution is -2.11. The molecule has 0 aliphatic carbocycles. The zero-order valence-electron chi connectivity index (χ0n) is 13.2. The van der Waals surface area contributed by atoms with E-state index in [2.05, 4.69) is 33.2 Å². The molecule has 5 nitrogen and oxygen atoms in total. The number of amides is 1. The van der Waals surface area contributed by atoms with Gasteiger partial charge in [0.05, 0.1) is 12.3 Å². The van der Waals surface area contributed by atoms with Gasteiger partial charge < -0.3 is 14.5 Å². The van der Waals surface area contributed by atoms with Crippen molar-refractivity contribution in [3.05, 3.63) is 53.0 Å². The van der Waals surface area contributed by atoms with Gasteiger partial charge in [-0.2, -0.15) is 0 Å². The quantitative estimate of drug-likeness (QED) is 0.601. The lowest BCUT2D eigenvalue weighted by molar-refractivity contribution is 0.0995. The van der Waals surface area contributed by atoms with Crippen molar-refractivity contribution in [1.29, 1.82) is 0 Å². The molecule has 0 aliphatic heterocycles. The van der Waals surface area contributed by atoms with Crippen molar-refractivity contribution in [3.63, 3.8) is 0 Å². The second kappa shape index (κ2) is 7.49. The van der Waals surface area contributed by atoms with Gasteiger partial charge in [0.15, 0.2) is 10.4 Å². The van der Waals surface area contributed by atoms with Crippen LogP contribution in [-0.2, 0) is 0 Å². The number of nitrogens with one attached hydrogen (secondary N) is 1. The molecule has 0 unspecified atom stereocenters. The summed E-state index contributed by atoms with van der Waals surface area (Å²) >= 11 is 3.19. The molecule has 0 aliphatic rings. The predicted octanol–water partition coefficient (Wildman–Crippen LogP) is 5.02. The van der Waals surface area contributed by atoms with Crippen LogP contribution in [0.25, 0.3) is 10.9 Å². The van der Waals surface area contributed by atoms with Crippen LogP contribution in [0.4, 0.5) is 5.69 Å². The summed E-state index contributed by atoms with van der Waals surface area (Å²) in [4.78, 5) is 16.7. The second-order valence-corrected chi connectivity index (χ2v) is 6.05. The number of pyridine rings is 1. The Morgan fingerprint density at radius 1 is 1.29 bits per heavy atom. The van der Waals surface area contributed by atoms with Crippen molar-refractivity contribution < 1.29 is 13.9 Å². The maximum atomic E-state index is 12.3. The van der Waals surface area contributed by atoms with Crippen LogP contribution >= 0.6 is 15.9 Å². The van der Waals surface area contributed by atoms with E-state index in [0.717, 1.165) is 29.5 Å². The number of rotatable bonds is 6. The van der Waals surface area contributed by atoms with E-state index in [1.54, 1.807) is 18.3 Å². The van der Waals surface area contributed by atoms with E-state index in [4.69, 9.17) is 9.15 Å². The number of hydrogen-bond donors (Lipinski definition) is 1. The predicted molar refractivity (Wildman–Crippen MR) is 96.5 cm³/mol. The Labute approximate surface area is 148 Å². The molecule has 1 amide bonds. The minimum atomic E-state index is -0.314. The SMILES string of the molecule is CCCCOc1ccc(NC(=O)c2ccc(Br)o2)c2cccnc12. The fraction of sp³-hybridized carbons (Fsp3) is 0.222. The first-order valence-corrected chi connectivity index (χ1v) is 8.55. The number of carbonyl (C=O) groups excluding carboxylic acids is 1. The third-order valence-corrected chi connectivity index (χ3v) is 3.96. The second-order valence-electron chi connectivity index (χ2n) is 5.27. The van der Waals surface area contributed by atoms with Gasteiger partial charge >= 0.3 is 0 Å². The highest BCUT2D eigenvalue weighted by Crippen LogP contribution is 2.30. The molecule has 3 aromatic rings. The molecule has 124 valence electrons. The normalized spacial score (nSPS) is 10.8. The molecule has 0 bridgehead atoms. The van der Waals surface area contributed by atoms with Crippen molar-refractivity contribution in [2.45, 2.75) is 19.8 Å². The van der Waals surface area contributed by atoms with E-state index in [9.17, 15) is 4.79 Å². The molecular weight excluding hydrogens is 372 g/mol. The number of benzene rings is 1. The minimum absolute atomic E-state index is 0.238. The number of carbonyl (C=O) groups is 1. The molecule has 3 rings (SSSR count). The topological polar surface area (TPSA) is 64.4 Å². The monoisotopic (exact) mass is 388 g/mol. The third-order valence-electron chi connectivity index (χ3n) is 3.53. The van der Waals surface area contributed by atoms with Crippen molar-refractivity contribution in [3.8, 4) is 5.75 Å². The van der Waals surface area contributed by atoms with Gasteiger partial charge in [-0.1, -0.05) is 13.3 Å². The summed E-state index contributed by atoms with van der Waals surface area (Å²) in [5.74, 6) is 0.644. The van der Waals surface area contributed by atoms with Crippen molar-refractivity contribution in [2.75, 3.05) is 11.9 Å². The summed E-state index contributed by atoms with van der Waals surface area (Å²) in [6.07, 6.45) is 3.77. The lowest BCUT2D eigenvalue weighted by atomic mass is 10.1. The fourth-order valence-corrected chi connectivity index (χ4v) is 2.63. The Bertz CT molecular complexity index is 860. The molecule has 0 saturated carbocycles. The number of hydrogen-bond acceptors (Lipinski definition) is 4. The average molecular weight is 389 g/mol. The highest BCUT2D eigenvalue weighted by molar-refractivity contribution is 9.10. The molecule has 0 radical (unpaired) electrons. The van der Waals surface area contributed by atoms with Gasteiger partial charge in [0.1, 0.15) is 11.3 Å². The van der Waals surface area contributed by atoms with Crippen LogP contribution in [0.3, 0.4) is 0 Å². The van der Waals surface area contributed by atoms with Gasteiger partial charge in [-0.25, -0.2) is 0 Å². The van der Waals surface area contributed by atoms with Gasteiger partial charge in [0.2, 0.25) is 0 Å². The molecular formula is C18H17BrN2O3. The molecule has 24 heavy (non-hydrogen) atoms. The van der Waals surface area contributed by atoms with Crippen LogP contribution in [0, 0.1) is 0 Å². The van der Waals surface area contributed by atoms with E-state index < -0.39 is 0 Å². The Morgan fingerprint density at radius 2 is 2.17 bits per heavy atom. The number of aromatic nitrogens is 1. The van der Waals surface area contributed by atoms with Gasteiger partial charge in [0.25, 0.3) is 5.91 Å². The highest BCUT2D eigenvalue weighted by atomic mass is 79.9. The first-order chi connectivity index (χ1) is 11.7. The summed E-state index contributed by atoms with van der Waals surface area (Å²) < 4.78 is 11.6. The zero-order chi connectivity index (χ0) is 16.9. The van der Waals surface area contributed by atoms with Crippen molar-refractivity contribution in [1.82, 2.24) is 4.98 Å². The lowest BCUT2D eigenvalue weighted by Gasteiger charge is -2.12. The maximum Gasteiger partial charge on any atom is 0.291 e. The number of furan rings is 1. The first kappa shape index (κ1) is 16.5. The largest absolute Gasteiger partial charge is 0.491 e. The molecule has 0 fully saturated rings. The molecule has 0 atom stereocenters. The smallest absolute Gasteiger partial charge is 0.291 e. The number of nitrogens with zero attached hydrogens (tertiary/aromatic N) is 1. The highest BCUT2D eigenvalue weighted by Gasteiger charge is 2.14. The third kappa shape index (κ3) is 3.59. The zero-order valence-corrected chi connectivity index (χ0v) is 14.8. The van der Waals surface area contributed by atoms with E-state index in [0.29, 0.717) is 17.0 Å². The van der Waals surface area contributed by atoms with Crippen LogP contribution in [0.1, 0.15) is 30.3 Å². The van der Waals surface area contributed by atoms with Gasteiger partial charge in [-0.05, 0) is 58.7 Å². The van der Waals surface area contributed by atoms with E-state index >= 15 is 0 Å². The number of fused-ring (bicyclic) bond motifs is 1. The summed E-state index contributed by atoms with van der Waals surface area (Å²) in [5.41, 5.74) is 1.39. The summed E-state index contributed by atoms with van der Waals surface area (Å²) in [6.45, 7) is 2.76. The number of anilines is 1. The summed E-state index contributed by atoms with van der Waals surface area (Å²) in [5, 5.41) is 3.68. The van der Waals surface area contributed by atoms with Crippen LogP contribution in [0.2, 0.25) is 0 Å².